The van der Waals surface area contributed by atoms with Crippen molar-refractivity contribution in [1.29, 1.82) is 0 Å². The Morgan fingerprint density at radius 1 is 1.17 bits per heavy atom. The van der Waals surface area contributed by atoms with Crippen molar-refractivity contribution < 1.29 is 0 Å². The third kappa shape index (κ3) is 2.92. The fraction of sp³-hybridized carbons (Fsp3) is 0.333. The van der Waals surface area contributed by atoms with E-state index < -0.39 is 0 Å². The largest absolute Gasteiger partial charge is 0.370 e. The van der Waals surface area contributed by atoms with Crippen LogP contribution < -0.4 is 11.1 Å². The average molecular weight is 307 g/mol. The molecule has 0 atom stereocenters. The number of nitrogens with two attached hydrogens (primary N) is 1. The molecule has 2 heterocycles. The minimum absolute atomic E-state index is 0.420. The molecule has 1 aliphatic carbocycles. The third-order valence-corrected chi connectivity index (χ3v) is 4.56. The van der Waals surface area contributed by atoms with Crippen LogP contribution in [0.1, 0.15) is 19.3 Å². The van der Waals surface area contributed by atoms with E-state index >= 15 is 0 Å². The molecule has 23 heavy (non-hydrogen) atoms. The van der Waals surface area contributed by atoms with Gasteiger partial charge >= 0.3 is 0 Å². The van der Waals surface area contributed by atoms with Gasteiger partial charge in [0, 0.05) is 30.3 Å². The number of hydrogen-bond acceptors (Lipinski definition) is 4. The van der Waals surface area contributed by atoms with Crippen LogP contribution in [0.25, 0.3) is 16.9 Å². The second-order valence-corrected chi connectivity index (χ2v) is 6.31. The zero-order valence-corrected chi connectivity index (χ0v) is 13.0. The molecule has 5 nitrogen and oxygen atoms in total. The summed E-state index contributed by atoms with van der Waals surface area (Å²) in [5, 5.41) is 7.89. The van der Waals surface area contributed by atoms with Gasteiger partial charge in [-0.05, 0) is 25.2 Å². The van der Waals surface area contributed by atoms with E-state index in [1.807, 2.05) is 28.8 Å². The number of nitrogens with zero attached hydrogens (tertiary/aromatic N) is 3. The molecule has 5 heteroatoms. The first-order valence-electron chi connectivity index (χ1n) is 8.19. The van der Waals surface area contributed by atoms with E-state index in [-0.39, 0.29) is 0 Å². The molecular formula is C18H21N5. The highest BCUT2D eigenvalue weighted by molar-refractivity contribution is 5.66. The molecular weight excluding hydrogens is 286 g/mol. The van der Waals surface area contributed by atoms with Crippen LogP contribution in [-0.4, -0.2) is 27.2 Å². The fourth-order valence-corrected chi connectivity index (χ4v) is 3.22. The van der Waals surface area contributed by atoms with Crippen molar-refractivity contribution in [2.24, 2.45) is 11.7 Å². The Balaban J connectivity index is 1.56. The summed E-state index contributed by atoms with van der Waals surface area (Å²) in [5.74, 6) is 1.75. The van der Waals surface area contributed by atoms with Gasteiger partial charge in [-0.3, -0.25) is 0 Å². The van der Waals surface area contributed by atoms with Gasteiger partial charge in [-0.15, -0.1) is 0 Å². The maximum Gasteiger partial charge on any atom is 0.157 e. The fourth-order valence-electron chi connectivity index (χ4n) is 3.22. The number of fused-ring (bicyclic) bond motifs is 1. The maximum absolute atomic E-state index is 5.85. The number of anilines is 1. The summed E-state index contributed by atoms with van der Waals surface area (Å²) in [4.78, 5) is 4.69. The summed E-state index contributed by atoms with van der Waals surface area (Å²) in [6.07, 6.45) is 5.25. The van der Waals surface area contributed by atoms with Crippen LogP contribution in [0.4, 0.5) is 5.82 Å². The number of benzene rings is 1. The Hall–Kier alpha value is -2.40. The number of nitrogens with one attached hydrogen (secondary N) is 1. The van der Waals surface area contributed by atoms with E-state index in [2.05, 4.69) is 28.6 Å². The van der Waals surface area contributed by atoms with Gasteiger partial charge in [-0.25, -0.2) is 4.98 Å². The van der Waals surface area contributed by atoms with E-state index in [9.17, 15) is 0 Å². The topological polar surface area (TPSA) is 68.2 Å². The van der Waals surface area contributed by atoms with E-state index in [0.29, 0.717) is 6.04 Å². The Morgan fingerprint density at radius 2 is 2.00 bits per heavy atom. The van der Waals surface area contributed by atoms with Crippen molar-refractivity contribution in [3.8, 4) is 11.3 Å². The van der Waals surface area contributed by atoms with Crippen molar-refractivity contribution >= 4 is 11.5 Å². The molecule has 1 saturated carbocycles. The quantitative estimate of drug-likeness (QED) is 0.760. The van der Waals surface area contributed by atoms with E-state index in [0.717, 1.165) is 54.4 Å². The molecule has 0 unspecified atom stereocenters. The number of aromatic nitrogens is 3. The normalized spacial score (nSPS) is 20.4. The van der Waals surface area contributed by atoms with Crippen molar-refractivity contribution in [2.45, 2.75) is 25.3 Å². The molecule has 2 aromatic heterocycles. The van der Waals surface area contributed by atoms with Crippen LogP contribution in [0.15, 0.2) is 48.7 Å². The summed E-state index contributed by atoms with van der Waals surface area (Å²) in [7, 11) is 0. The standard InChI is InChI=1S/C18H21N5/c19-15-10-13(11-15)6-8-20-18-12-16(14-4-2-1-3-5-14)22-17-7-9-21-23(17)18/h1-5,7,9,12-13,15,20H,6,8,10-11,19H2. The highest BCUT2D eigenvalue weighted by Crippen LogP contribution is 2.28. The molecule has 0 aliphatic heterocycles. The van der Waals surface area contributed by atoms with E-state index in [4.69, 9.17) is 10.7 Å². The molecule has 1 aliphatic rings. The number of hydrogen-bond donors (Lipinski definition) is 2. The molecule has 0 radical (unpaired) electrons. The van der Waals surface area contributed by atoms with Crippen molar-refractivity contribution in [3.05, 3.63) is 48.7 Å². The smallest absolute Gasteiger partial charge is 0.157 e. The first kappa shape index (κ1) is 14.2. The van der Waals surface area contributed by atoms with Gasteiger partial charge in [0.1, 0.15) is 5.82 Å². The lowest BCUT2D eigenvalue weighted by atomic mass is 9.79. The molecule has 0 bridgehead atoms. The SMILES string of the molecule is NC1CC(CCNc2cc(-c3ccccc3)nc3ccnn23)C1. The first-order chi connectivity index (χ1) is 11.3. The molecule has 0 spiro atoms. The predicted octanol–water partition coefficient (Wildman–Crippen LogP) is 2.94. The van der Waals surface area contributed by atoms with Gasteiger partial charge < -0.3 is 11.1 Å². The van der Waals surface area contributed by atoms with Crippen molar-refractivity contribution in [2.75, 3.05) is 11.9 Å². The summed E-state index contributed by atoms with van der Waals surface area (Å²) >= 11 is 0. The zero-order chi connectivity index (χ0) is 15.6. The van der Waals surface area contributed by atoms with Crippen LogP contribution >= 0.6 is 0 Å². The Bertz CT molecular complexity index is 790. The van der Waals surface area contributed by atoms with Crippen molar-refractivity contribution in [1.82, 2.24) is 14.6 Å². The monoisotopic (exact) mass is 307 g/mol. The molecule has 0 saturated heterocycles. The second kappa shape index (κ2) is 6.01. The van der Waals surface area contributed by atoms with Gasteiger partial charge in [0.05, 0.1) is 11.9 Å². The van der Waals surface area contributed by atoms with E-state index in [1.165, 1.54) is 0 Å². The molecule has 0 amide bonds. The lowest BCUT2D eigenvalue weighted by Gasteiger charge is -2.32. The van der Waals surface area contributed by atoms with Gasteiger partial charge in [0.15, 0.2) is 5.65 Å². The summed E-state index contributed by atoms with van der Waals surface area (Å²) in [5.41, 5.74) is 8.79. The highest BCUT2D eigenvalue weighted by Gasteiger charge is 2.25. The van der Waals surface area contributed by atoms with Crippen LogP contribution in [0, 0.1) is 5.92 Å². The van der Waals surface area contributed by atoms with Gasteiger partial charge in [-0.1, -0.05) is 30.3 Å². The summed E-state index contributed by atoms with van der Waals surface area (Å²) in [6, 6.07) is 14.7. The Labute approximate surface area is 135 Å². The van der Waals surface area contributed by atoms with Gasteiger partial charge in [-0.2, -0.15) is 9.61 Å². The Morgan fingerprint density at radius 3 is 2.78 bits per heavy atom. The minimum atomic E-state index is 0.420. The molecule has 4 rings (SSSR count). The van der Waals surface area contributed by atoms with Crippen LogP contribution in [0.5, 0.6) is 0 Å². The molecule has 1 fully saturated rings. The molecule has 1 aromatic carbocycles. The summed E-state index contributed by atoms with van der Waals surface area (Å²) < 4.78 is 1.86. The van der Waals surface area contributed by atoms with E-state index in [1.54, 1.807) is 6.20 Å². The van der Waals surface area contributed by atoms with Gasteiger partial charge in [0.2, 0.25) is 0 Å². The van der Waals surface area contributed by atoms with Crippen LogP contribution in [0.3, 0.4) is 0 Å². The second-order valence-electron chi connectivity index (χ2n) is 6.31. The maximum atomic E-state index is 5.85. The van der Waals surface area contributed by atoms with Crippen LogP contribution in [0.2, 0.25) is 0 Å². The minimum Gasteiger partial charge on any atom is -0.370 e. The predicted molar refractivity (Wildman–Crippen MR) is 92.2 cm³/mol. The molecule has 3 aromatic rings. The molecule has 3 N–H and O–H groups in total. The van der Waals surface area contributed by atoms with Crippen molar-refractivity contribution in [3.63, 3.8) is 0 Å². The molecule has 118 valence electrons. The number of rotatable bonds is 5. The van der Waals surface area contributed by atoms with Gasteiger partial charge in [0.25, 0.3) is 0 Å². The average Bonchev–Trinajstić information content (AvgIpc) is 3.02. The summed E-state index contributed by atoms with van der Waals surface area (Å²) in [6.45, 7) is 0.935. The highest BCUT2D eigenvalue weighted by atomic mass is 15.3. The zero-order valence-electron chi connectivity index (χ0n) is 13.0. The lowest BCUT2D eigenvalue weighted by molar-refractivity contribution is 0.255. The van der Waals surface area contributed by atoms with Crippen LogP contribution in [-0.2, 0) is 0 Å². The lowest BCUT2D eigenvalue weighted by Crippen LogP contribution is -2.37. The third-order valence-electron chi connectivity index (χ3n) is 4.56. The first-order valence-corrected chi connectivity index (χ1v) is 8.19. The Kier molecular flexibility index (Phi) is 3.71.